The zero-order chi connectivity index (χ0) is 19.8. The Morgan fingerprint density at radius 3 is 2.36 bits per heavy atom. The van der Waals surface area contributed by atoms with E-state index in [0.717, 1.165) is 41.3 Å². The third-order valence-electron chi connectivity index (χ3n) is 4.61. The Hall–Kier alpha value is -3.08. The number of aromatic amines is 1. The zero-order valence-electron chi connectivity index (χ0n) is 16.4. The van der Waals surface area contributed by atoms with E-state index in [4.69, 9.17) is 9.47 Å². The van der Waals surface area contributed by atoms with Gasteiger partial charge in [-0.2, -0.15) is 5.10 Å². The maximum Gasteiger partial charge on any atom is 0.337 e. The van der Waals surface area contributed by atoms with Crippen LogP contribution in [0.5, 0.6) is 5.75 Å². The molecule has 0 aliphatic carbocycles. The number of nitrogens with one attached hydrogen (secondary N) is 1. The van der Waals surface area contributed by atoms with Gasteiger partial charge in [0.05, 0.1) is 30.7 Å². The van der Waals surface area contributed by atoms with Crippen LogP contribution in [0, 0.1) is 0 Å². The molecule has 5 heteroatoms. The van der Waals surface area contributed by atoms with Crippen LogP contribution in [-0.4, -0.2) is 29.9 Å². The predicted molar refractivity (Wildman–Crippen MR) is 110 cm³/mol. The van der Waals surface area contributed by atoms with E-state index in [1.54, 1.807) is 12.1 Å². The average Bonchev–Trinajstić information content (AvgIpc) is 3.24. The molecule has 0 aliphatic heterocycles. The Kier molecular flexibility index (Phi) is 6.84. The minimum Gasteiger partial charge on any atom is -0.494 e. The molecule has 3 aromatic rings. The Labute approximate surface area is 165 Å². The molecule has 3 rings (SSSR count). The summed E-state index contributed by atoms with van der Waals surface area (Å²) < 4.78 is 10.5. The Morgan fingerprint density at radius 1 is 0.964 bits per heavy atom. The molecule has 0 bridgehead atoms. The summed E-state index contributed by atoms with van der Waals surface area (Å²) in [5.74, 6) is 0.542. The lowest BCUT2D eigenvalue weighted by atomic mass is 10.1. The second-order valence-electron chi connectivity index (χ2n) is 6.67. The summed E-state index contributed by atoms with van der Waals surface area (Å²) in [6.45, 7) is 2.97. The van der Waals surface area contributed by atoms with Crippen molar-refractivity contribution in [1.82, 2.24) is 10.2 Å². The maximum atomic E-state index is 11.5. The SMILES string of the molecule is CCCCCCOc1ccc(-c2cc(-c3ccc(C(=O)OC)cc3)n[nH]2)cc1. The number of benzene rings is 2. The van der Waals surface area contributed by atoms with Gasteiger partial charge in [0, 0.05) is 5.56 Å². The number of unbranched alkanes of at least 4 members (excludes halogenated alkanes) is 3. The molecule has 146 valence electrons. The summed E-state index contributed by atoms with van der Waals surface area (Å²) in [5, 5.41) is 7.46. The normalized spacial score (nSPS) is 10.6. The Bertz CT molecular complexity index is 883. The first-order chi connectivity index (χ1) is 13.7. The van der Waals surface area contributed by atoms with Crippen molar-refractivity contribution < 1.29 is 14.3 Å². The molecule has 0 saturated heterocycles. The predicted octanol–water partition coefficient (Wildman–Crippen LogP) is 5.49. The fourth-order valence-corrected chi connectivity index (χ4v) is 2.96. The first-order valence-corrected chi connectivity index (χ1v) is 9.68. The molecule has 1 heterocycles. The summed E-state index contributed by atoms with van der Waals surface area (Å²) in [7, 11) is 1.37. The Morgan fingerprint density at radius 2 is 1.68 bits per heavy atom. The van der Waals surface area contributed by atoms with Crippen LogP contribution < -0.4 is 4.74 Å². The third-order valence-corrected chi connectivity index (χ3v) is 4.61. The standard InChI is InChI=1S/C23H26N2O3/c1-3-4-5-6-15-28-20-13-11-18(12-14-20)22-16-21(24-25-22)17-7-9-19(10-8-17)23(26)27-2/h7-14,16H,3-6,15H2,1-2H3,(H,24,25). The van der Waals surface area contributed by atoms with Gasteiger partial charge in [-0.3, -0.25) is 5.10 Å². The molecule has 0 unspecified atom stereocenters. The number of methoxy groups -OCH3 is 1. The first kappa shape index (κ1) is 19.7. The van der Waals surface area contributed by atoms with Gasteiger partial charge in [0.2, 0.25) is 0 Å². The highest BCUT2D eigenvalue weighted by Gasteiger charge is 2.09. The van der Waals surface area contributed by atoms with Crippen LogP contribution in [-0.2, 0) is 4.74 Å². The number of hydrogen-bond donors (Lipinski definition) is 1. The number of H-pyrrole nitrogens is 1. The number of carbonyl (C=O) groups excluding carboxylic acids is 1. The van der Waals surface area contributed by atoms with E-state index in [9.17, 15) is 4.79 Å². The number of esters is 1. The van der Waals surface area contributed by atoms with Gasteiger partial charge in [-0.25, -0.2) is 4.79 Å². The molecule has 0 saturated carbocycles. The number of rotatable bonds is 9. The van der Waals surface area contributed by atoms with E-state index in [1.807, 2.05) is 42.5 Å². The fourth-order valence-electron chi connectivity index (χ4n) is 2.96. The van der Waals surface area contributed by atoms with Crippen molar-refractivity contribution in [1.29, 1.82) is 0 Å². The van der Waals surface area contributed by atoms with Crippen LogP contribution in [0.1, 0.15) is 43.0 Å². The van der Waals surface area contributed by atoms with Gasteiger partial charge in [0.1, 0.15) is 5.75 Å². The van der Waals surface area contributed by atoms with Crippen molar-refractivity contribution in [3.05, 3.63) is 60.2 Å². The highest BCUT2D eigenvalue weighted by atomic mass is 16.5. The maximum absolute atomic E-state index is 11.5. The molecule has 0 fully saturated rings. The van der Waals surface area contributed by atoms with Crippen molar-refractivity contribution in [2.45, 2.75) is 32.6 Å². The molecule has 0 aliphatic rings. The molecule has 0 atom stereocenters. The van der Waals surface area contributed by atoms with E-state index >= 15 is 0 Å². The zero-order valence-corrected chi connectivity index (χ0v) is 16.4. The van der Waals surface area contributed by atoms with Crippen molar-refractivity contribution in [2.75, 3.05) is 13.7 Å². The van der Waals surface area contributed by atoms with Crippen molar-refractivity contribution in [3.8, 4) is 28.3 Å². The molecule has 1 aromatic heterocycles. The molecular weight excluding hydrogens is 352 g/mol. The molecular formula is C23H26N2O3. The summed E-state index contributed by atoms with van der Waals surface area (Å²) in [5.41, 5.74) is 4.25. The molecule has 1 N–H and O–H groups in total. The van der Waals surface area contributed by atoms with Crippen LogP contribution in [0.4, 0.5) is 0 Å². The van der Waals surface area contributed by atoms with E-state index in [0.29, 0.717) is 5.56 Å². The number of carbonyl (C=O) groups is 1. The van der Waals surface area contributed by atoms with E-state index in [1.165, 1.54) is 26.4 Å². The number of nitrogens with zero attached hydrogens (tertiary/aromatic N) is 1. The van der Waals surface area contributed by atoms with Gasteiger partial charge in [0.15, 0.2) is 0 Å². The third kappa shape index (κ3) is 5.00. The van der Waals surface area contributed by atoms with Crippen LogP contribution in [0.2, 0.25) is 0 Å². The minimum atomic E-state index is -0.345. The van der Waals surface area contributed by atoms with E-state index in [2.05, 4.69) is 17.1 Å². The van der Waals surface area contributed by atoms with Crippen molar-refractivity contribution in [3.63, 3.8) is 0 Å². The van der Waals surface area contributed by atoms with Crippen LogP contribution in [0.25, 0.3) is 22.5 Å². The summed E-state index contributed by atoms with van der Waals surface area (Å²) >= 11 is 0. The molecule has 0 amide bonds. The fraction of sp³-hybridized carbons (Fsp3) is 0.304. The first-order valence-electron chi connectivity index (χ1n) is 9.68. The van der Waals surface area contributed by atoms with Crippen molar-refractivity contribution >= 4 is 5.97 Å². The second kappa shape index (κ2) is 9.74. The van der Waals surface area contributed by atoms with Crippen LogP contribution >= 0.6 is 0 Å². The monoisotopic (exact) mass is 378 g/mol. The van der Waals surface area contributed by atoms with Gasteiger partial charge >= 0.3 is 5.97 Å². The lowest BCUT2D eigenvalue weighted by Gasteiger charge is -2.06. The minimum absolute atomic E-state index is 0.345. The summed E-state index contributed by atoms with van der Waals surface area (Å²) in [6.07, 6.45) is 4.80. The topological polar surface area (TPSA) is 64.2 Å². The van der Waals surface area contributed by atoms with Gasteiger partial charge in [-0.05, 0) is 54.4 Å². The van der Waals surface area contributed by atoms with Gasteiger partial charge in [0.25, 0.3) is 0 Å². The lowest BCUT2D eigenvalue weighted by molar-refractivity contribution is 0.0601. The average molecular weight is 378 g/mol. The summed E-state index contributed by atoms with van der Waals surface area (Å²) in [6, 6.07) is 17.2. The smallest absolute Gasteiger partial charge is 0.337 e. The molecule has 28 heavy (non-hydrogen) atoms. The van der Waals surface area contributed by atoms with E-state index < -0.39 is 0 Å². The molecule has 0 radical (unpaired) electrons. The molecule has 2 aromatic carbocycles. The van der Waals surface area contributed by atoms with Crippen LogP contribution in [0.3, 0.4) is 0 Å². The second-order valence-corrected chi connectivity index (χ2v) is 6.67. The highest BCUT2D eigenvalue weighted by molar-refractivity contribution is 5.89. The largest absolute Gasteiger partial charge is 0.494 e. The highest BCUT2D eigenvalue weighted by Crippen LogP contribution is 2.26. The Balaban J connectivity index is 1.62. The number of aromatic nitrogens is 2. The summed E-state index contributed by atoms with van der Waals surface area (Å²) in [4.78, 5) is 11.5. The van der Waals surface area contributed by atoms with Gasteiger partial charge < -0.3 is 9.47 Å². The van der Waals surface area contributed by atoms with Crippen LogP contribution in [0.15, 0.2) is 54.6 Å². The van der Waals surface area contributed by atoms with Gasteiger partial charge in [-0.15, -0.1) is 0 Å². The van der Waals surface area contributed by atoms with Gasteiger partial charge in [-0.1, -0.05) is 38.3 Å². The quantitative estimate of drug-likeness (QED) is 0.395. The number of hydrogen-bond acceptors (Lipinski definition) is 4. The van der Waals surface area contributed by atoms with E-state index in [-0.39, 0.29) is 5.97 Å². The lowest BCUT2D eigenvalue weighted by Crippen LogP contribution is -2.00. The molecule has 5 nitrogen and oxygen atoms in total. The van der Waals surface area contributed by atoms with Crippen molar-refractivity contribution in [2.24, 2.45) is 0 Å². The number of ether oxygens (including phenoxy) is 2. The molecule has 0 spiro atoms.